The van der Waals surface area contributed by atoms with Gasteiger partial charge in [-0.15, -0.1) is 0 Å². The molecule has 1 atom stereocenters. The van der Waals surface area contributed by atoms with Gasteiger partial charge in [0, 0.05) is 59.3 Å². The van der Waals surface area contributed by atoms with Crippen molar-refractivity contribution in [3.8, 4) is 17.0 Å². The lowest BCUT2D eigenvalue weighted by Gasteiger charge is -2.40. The standard InChI is InChI=1S/C35H45Br2N7O4/c1-41-11-5-23(6-12-41)24-7-13-42(14-8-24)33(46)30(19-22-17-28(36)32(38)29(37)18-22)39-34(47)43-15-9-26(10-16-43)44-21-31(40-35(44)48)25-3-2-4-27(45)20-25/h2-4,17-18,20-21,23-24,26,30,45H,5-16,19,38H2,1H3,(H,39,47)(H,40,48)/t30-/m1/s1. The minimum Gasteiger partial charge on any atom is -0.508 e. The van der Waals surface area contributed by atoms with E-state index in [1.54, 1.807) is 33.9 Å². The second-order valence-corrected chi connectivity index (χ2v) is 15.3. The van der Waals surface area contributed by atoms with Crippen LogP contribution in [-0.4, -0.2) is 93.7 Å². The fourth-order valence-corrected chi connectivity index (χ4v) is 8.87. The summed E-state index contributed by atoms with van der Waals surface area (Å²) in [7, 11) is 2.19. The number of piperidine rings is 3. The second-order valence-electron chi connectivity index (χ2n) is 13.6. The van der Waals surface area contributed by atoms with Gasteiger partial charge in [-0.25, -0.2) is 9.59 Å². The fraction of sp³-hybridized carbons (Fsp3) is 0.514. The summed E-state index contributed by atoms with van der Waals surface area (Å²) in [5.41, 5.74) is 8.74. The van der Waals surface area contributed by atoms with Crippen LogP contribution in [0.15, 0.2) is 56.3 Å². The number of aromatic amines is 1. The minimum atomic E-state index is -0.727. The lowest BCUT2D eigenvalue weighted by atomic mass is 9.79. The molecule has 0 spiro atoms. The van der Waals surface area contributed by atoms with Crippen LogP contribution >= 0.6 is 31.9 Å². The normalized spacial score (nSPS) is 19.4. The largest absolute Gasteiger partial charge is 0.508 e. The number of rotatable bonds is 7. The van der Waals surface area contributed by atoms with Crippen LogP contribution in [0.25, 0.3) is 11.3 Å². The molecule has 2 aromatic carbocycles. The number of hydrogen-bond acceptors (Lipinski definition) is 6. The number of nitrogens with one attached hydrogen (secondary N) is 2. The second kappa shape index (κ2) is 15.1. The smallest absolute Gasteiger partial charge is 0.326 e. The Morgan fingerprint density at radius 3 is 2.17 bits per heavy atom. The van der Waals surface area contributed by atoms with Crippen LogP contribution in [0.1, 0.15) is 50.1 Å². The first kappa shape index (κ1) is 34.6. The van der Waals surface area contributed by atoms with Crippen LogP contribution in [-0.2, 0) is 11.2 Å². The number of nitrogen functional groups attached to an aromatic ring is 1. The Hall–Kier alpha value is -3.29. The van der Waals surface area contributed by atoms with E-state index in [0.29, 0.717) is 62.7 Å². The molecule has 13 heteroatoms. The Kier molecular flexibility index (Phi) is 10.9. The molecule has 3 fully saturated rings. The summed E-state index contributed by atoms with van der Waals surface area (Å²) in [6.45, 7) is 4.61. The molecule has 0 aliphatic carbocycles. The Labute approximate surface area is 298 Å². The van der Waals surface area contributed by atoms with E-state index in [-0.39, 0.29) is 29.4 Å². The quantitative estimate of drug-likeness (QED) is 0.243. The zero-order chi connectivity index (χ0) is 33.9. The minimum absolute atomic E-state index is 0.0533. The molecule has 48 heavy (non-hydrogen) atoms. The molecule has 5 N–H and O–H groups in total. The lowest BCUT2D eigenvalue weighted by Crippen LogP contribution is -2.55. The van der Waals surface area contributed by atoms with E-state index < -0.39 is 6.04 Å². The summed E-state index contributed by atoms with van der Waals surface area (Å²) in [6, 6.07) is 9.51. The Morgan fingerprint density at radius 2 is 1.54 bits per heavy atom. The third-order valence-corrected chi connectivity index (χ3v) is 11.8. The van der Waals surface area contributed by atoms with Gasteiger partial charge >= 0.3 is 11.7 Å². The number of amides is 3. The first-order valence-electron chi connectivity index (χ1n) is 16.9. The Bertz CT molecular complexity index is 1650. The number of likely N-dealkylation sites (tertiary alicyclic amines) is 3. The van der Waals surface area contributed by atoms with Gasteiger partial charge in [0.25, 0.3) is 0 Å². The van der Waals surface area contributed by atoms with Crippen molar-refractivity contribution >= 4 is 49.5 Å². The molecular formula is C35H45Br2N7O4. The zero-order valence-electron chi connectivity index (χ0n) is 27.3. The predicted molar refractivity (Wildman–Crippen MR) is 194 cm³/mol. The van der Waals surface area contributed by atoms with Crippen molar-refractivity contribution in [2.45, 2.75) is 57.0 Å². The number of phenolic OH excluding ortho intramolecular Hbond substituents is 1. The Balaban J connectivity index is 1.10. The molecule has 0 saturated carbocycles. The van der Waals surface area contributed by atoms with E-state index in [1.165, 1.54) is 12.8 Å². The number of carbonyl (C=O) groups excluding carboxylic acids is 2. The molecule has 4 heterocycles. The van der Waals surface area contributed by atoms with Crippen LogP contribution in [0.2, 0.25) is 0 Å². The van der Waals surface area contributed by atoms with Gasteiger partial charge in [-0.3, -0.25) is 9.36 Å². The van der Waals surface area contributed by atoms with Crippen LogP contribution in [0.4, 0.5) is 10.5 Å². The van der Waals surface area contributed by atoms with Crippen molar-refractivity contribution in [2.24, 2.45) is 11.8 Å². The summed E-state index contributed by atoms with van der Waals surface area (Å²) < 4.78 is 3.16. The summed E-state index contributed by atoms with van der Waals surface area (Å²) in [4.78, 5) is 49.6. The average molecular weight is 788 g/mol. The van der Waals surface area contributed by atoms with Gasteiger partial charge in [0.15, 0.2) is 0 Å². The highest BCUT2D eigenvalue weighted by Crippen LogP contribution is 2.33. The van der Waals surface area contributed by atoms with E-state index in [2.05, 4.69) is 54.1 Å². The molecule has 258 valence electrons. The van der Waals surface area contributed by atoms with Crippen LogP contribution in [0.3, 0.4) is 0 Å². The third-order valence-electron chi connectivity index (χ3n) is 10.5. The van der Waals surface area contributed by atoms with Crippen LogP contribution in [0, 0.1) is 11.8 Å². The lowest BCUT2D eigenvalue weighted by molar-refractivity contribution is -0.135. The number of aromatic nitrogens is 2. The molecular weight excluding hydrogens is 742 g/mol. The maximum atomic E-state index is 14.1. The van der Waals surface area contributed by atoms with Crippen LogP contribution < -0.4 is 16.7 Å². The number of hydrogen-bond donors (Lipinski definition) is 4. The first-order valence-corrected chi connectivity index (χ1v) is 18.5. The number of H-pyrrole nitrogens is 1. The predicted octanol–water partition coefficient (Wildman–Crippen LogP) is 5.19. The van der Waals surface area contributed by atoms with Gasteiger partial charge in [-0.2, -0.15) is 0 Å². The van der Waals surface area contributed by atoms with Crippen molar-refractivity contribution in [3.05, 3.63) is 67.6 Å². The maximum absolute atomic E-state index is 14.1. The summed E-state index contributed by atoms with van der Waals surface area (Å²) >= 11 is 7.05. The number of urea groups is 1. The molecule has 0 unspecified atom stereocenters. The zero-order valence-corrected chi connectivity index (χ0v) is 30.5. The maximum Gasteiger partial charge on any atom is 0.326 e. The number of aromatic hydroxyl groups is 1. The van der Waals surface area contributed by atoms with Crippen molar-refractivity contribution in [1.29, 1.82) is 0 Å². The summed E-state index contributed by atoms with van der Waals surface area (Å²) in [6.07, 6.45) is 7.77. The molecule has 0 bridgehead atoms. The Morgan fingerprint density at radius 1 is 0.938 bits per heavy atom. The van der Waals surface area contributed by atoms with Crippen molar-refractivity contribution in [2.75, 3.05) is 52.0 Å². The molecule has 3 amide bonds. The van der Waals surface area contributed by atoms with E-state index in [0.717, 1.165) is 51.9 Å². The van der Waals surface area contributed by atoms with Crippen LogP contribution in [0.5, 0.6) is 5.75 Å². The first-order chi connectivity index (χ1) is 23.0. The molecule has 3 saturated heterocycles. The number of benzene rings is 2. The number of phenols is 1. The van der Waals surface area contributed by atoms with Gasteiger partial charge in [-0.05, 0) is 132 Å². The van der Waals surface area contributed by atoms with Gasteiger partial charge in [0.05, 0.1) is 11.4 Å². The number of halogens is 2. The van der Waals surface area contributed by atoms with Gasteiger partial charge in [0.2, 0.25) is 5.91 Å². The number of nitrogens with zero attached hydrogens (tertiary/aromatic N) is 4. The van der Waals surface area contributed by atoms with E-state index in [9.17, 15) is 19.5 Å². The molecule has 11 nitrogen and oxygen atoms in total. The van der Waals surface area contributed by atoms with Crippen molar-refractivity contribution in [3.63, 3.8) is 0 Å². The summed E-state index contributed by atoms with van der Waals surface area (Å²) in [5, 5.41) is 13.0. The number of imidazole rings is 1. The molecule has 3 aromatic rings. The van der Waals surface area contributed by atoms with E-state index >= 15 is 0 Å². The average Bonchev–Trinajstić information content (AvgIpc) is 3.48. The van der Waals surface area contributed by atoms with E-state index in [1.807, 2.05) is 23.1 Å². The molecule has 3 aliphatic rings. The highest BCUT2D eigenvalue weighted by Gasteiger charge is 2.34. The molecule has 6 rings (SSSR count). The SMILES string of the molecule is CN1CCC(C2CCN(C(=O)[C@@H](Cc3cc(Br)c(N)c(Br)c3)NC(=O)N3CCC(n4cc(-c5cccc(O)c5)[nH]c4=O)CC3)CC2)CC1. The monoisotopic (exact) mass is 785 g/mol. The molecule has 3 aliphatic heterocycles. The van der Waals surface area contributed by atoms with Gasteiger partial charge in [0.1, 0.15) is 11.8 Å². The third kappa shape index (κ3) is 7.94. The number of carbonyl (C=O) groups is 2. The number of anilines is 1. The van der Waals surface area contributed by atoms with Crippen molar-refractivity contribution in [1.82, 2.24) is 29.6 Å². The summed E-state index contributed by atoms with van der Waals surface area (Å²) in [5.74, 6) is 1.44. The fourth-order valence-electron chi connectivity index (χ4n) is 7.59. The molecule has 0 radical (unpaired) electrons. The van der Waals surface area contributed by atoms with E-state index in [4.69, 9.17) is 5.73 Å². The number of nitrogens with two attached hydrogens (primary N) is 1. The van der Waals surface area contributed by atoms with Gasteiger partial charge < -0.3 is 35.8 Å². The van der Waals surface area contributed by atoms with Crippen molar-refractivity contribution < 1.29 is 14.7 Å². The highest BCUT2D eigenvalue weighted by atomic mass is 79.9. The highest BCUT2D eigenvalue weighted by molar-refractivity contribution is 9.11. The topological polar surface area (TPSA) is 140 Å². The molecule has 1 aromatic heterocycles. The van der Waals surface area contributed by atoms with Gasteiger partial charge in [-0.1, -0.05) is 12.1 Å².